The van der Waals surface area contributed by atoms with Crippen molar-refractivity contribution in [3.05, 3.63) is 110 Å². The van der Waals surface area contributed by atoms with Crippen molar-refractivity contribution in [2.45, 2.75) is 6.61 Å². The summed E-state index contributed by atoms with van der Waals surface area (Å²) in [5, 5.41) is 11.2. The Morgan fingerprint density at radius 3 is 2.65 bits per heavy atom. The summed E-state index contributed by atoms with van der Waals surface area (Å²) in [4.78, 5) is 26.9. The third-order valence-corrected chi connectivity index (χ3v) is 4.75. The van der Waals surface area contributed by atoms with Crippen LogP contribution in [0.1, 0.15) is 16.7 Å². The number of hydrogen-bond acceptors (Lipinski definition) is 6. The summed E-state index contributed by atoms with van der Waals surface area (Å²) >= 11 is 6.11. The Labute approximate surface area is 182 Å². The first-order valence-electron chi connectivity index (χ1n) is 9.23. The van der Waals surface area contributed by atoms with Crippen LogP contribution < -0.4 is 4.74 Å². The third-order valence-electron chi connectivity index (χ3n) is 4.42. The molecule has 0 radical (unpaired) electrons. The fourth-order valence-corrected chi connectivity index (χ4v) is 3.11. The number of aliphatic imine (C=N–C) groups is 1. The van der Waals surface area contributed by atoms with Gasteiger partial charge in [-0.15, -0.1) is 0 Å². The van der Waals surface area contributed by atoms with E-state index in [4.69, 9.17) is 21.1 Å². The average molecular weight is 435 g/mol. The van der Waals surface area contributed by atoms with Crippen molar-refractivity contribution >= 4 is 35.2 Å². The molecule has 0 aromatic heterocycles. The molecule has 0 spiro atoms. The number of carbonyl (C=O) groups excluding carboxylic acids is 1. The van der Waals surface area contributed by atoms with Gasteiger partial charge in [-0.1, -0.05) is 54.1 Å². The second-order valence-corrected chi connectivity index (χ2v) is 7.01. The van der Waals surface area contributed by atoms with Crippen molar-refractivity contribution < 1.29 is 19.2 Å². The van der Waals surface area contributed by atoms with Crippen molar-refractivity contribution in [3.63, 3.8) is 0 Å². The first-order valence-corrected chi connectivity index (χ1v) is 9.61. The Bertz CT molecular complexity index is 1220. The zero-order valence-corrected chi connectivity index (χ0v) is 16.8. The number of ether oxygens (including phenoxy) is 2. The van der Waals surface area contributed by atoms with Crippen LogP contribution in [0.4, 0.5) is 5.69 Å². The number of halogens is 1. The molecule has 0 N–H and O–H groups in total. The van der Waals surface area contributed by atoms with Gasteiger partial charge < -0.3 is 9.47 Å². The monoisotopic (exact) mass is 434 g/mol. The zero-order valence-electron chi connectivity index (χ0n) is 16.0. The second-order valence-electron chi connectivity index (χ2n) is 6.60. The summed E-state index contributed by atoms with van der Waals surface area (Å²) in [5.74, 6) is -0.120. The summed E-state index contributed by atoms with van der Waals surface area (Å²) in [5.41, 5.74) is 1.77. The van der Waals surface area contributed by atoms with Gasteiger partial charge in [0.25, 0.3) is 5.69 Å². The fourth-order valence-electron chi connectivity index (χ4n) is 2.91. The Morgan fingerprint density at radius 1 is 1.06 bits per heavy atom. The van der Waals surface area contributed by atoms with Crippen LogP contribution in [0.2, 0.25) is 5.02 Å². The SMILES string of the molecule is O=C1OC(c2cc([N+](=O)[O-])ccc2Cl)=N/C1=C/c1cccc(OCc2ccccc2)c1. The summed E-state index contributed by atoms with van der Waals surface area (Å²) < 4.78 is 11.0. The number of carbonyl (C=O) groups is 1. The van der Waals surface area contributed by atoms with Crippen LogP contribution in [-0.4, -0.2) is 16.8 Å². The summed E-state index contributed by atoms with van der Waals surface area (Å²) in [6, 6.07) is 20.8. The van der Waals surface area contributed by atoms with E-state index in [2.05, 4.69) is 4.99 Å². The maximum Gasteiger partial charge on any atom is 0.363 e. The third kappa shape index (κ3) is 4.79. The molecule has 0 amide bonds. The second kappa shape index (κ2) is 8.81. The van der Waals surface area contributed by atoms with Crippen molar-refractivity contribution in [3.8, 4) is 5.75 Å². The minimum Gasteiger partial charge on any atom is -0.489 e. The van der Waals surface area contributed by atoms with Gasteiger partial charge in [0.05, 0.1) is 15.5 Å². The predicted octanol–water partition coefficient (Wildman–Crippen LogP) is 5.17. The van der Waals surface area contributed by atoms with E-state index in [0.717, 1.165) is 5.56 Å². The molecular weight excluding hydrogens is 420 g/mol. The molecule has 1 aliphatic heterocycles. The van der Waals surface area contributed by atoms with E-state index in [1.54, 1.807) is 24.3 Å². The number of hydrogen-bond donors (Lipinski definition) is 0. The summed E-state index contributed by atoms with van der Waals surface area (Å²) in [7, 11) is 0. The molecule has 1 aliphatic rings. The molecule has 0 saturated carbocycles. The molecular formula is C23H15ClN2O5. The molecule has 1 heterocycles. The van der Waals surface area contributed by atoms with Crippen LogP contribution in [0.5, 0.6) is 5.75 Å². The lowest BCUT2D eigenvalue weighted by Crippen LogP contribution is -2.06. The molecule has 0 bridgehead atoms. The smallest absolute Gasteiger partial charge is 0.363 e. The van der Waals surface area contributed by atoms with Crippen molar-refractivity contribution in [1.82, 2.24) is 0 Å². The molecule has 0 saturated heterocycles. The van der Waals surface area contributed by atoms with Crippen molar-refractivity contribution in [1.29, 1.82) is 0 Å². The number of rotatable bonds is 6. The van der Waals surface area contributed by atoms with E-state index >= 15 is 0 Å². The first-order chi connectivity index (χ1) is 15.0. The van der Waals surface area contributed by atoms with E-state index < -0.39 is 10.9 Å². The molecule has 31 heavy (non-hydrogen) atoms. The summed E-state index contributed by atoms with van der Waals surface area (Å²) in [6.07, 6.45) is 1.55. The van der Waals surface area contributed by atoms with Gasteiger partial charge in [-0.25, -0.2) is 9.79 Å². The fraction of sp³-hybridized carbons (Fsp3) is 0.0435. The number of nitro groups is 1. The van der Waals surface area contributed by atoms with Crippen LogP contribution >= 0.6 is 11.6 Å². The molecule has 7 nitrogen and oxygen atoms in total. The van der Waals surface area contributed by atoms with Crippen LogP contribution in [0.25, 0.3) is 6.08 Å². The van der Waals surface area contributed by atoms with E-state index in [-0.39, 0.29) is 27.9 Å². The molecule has 0 unspecified atom stereocenters. The van der Waals surface area contributed by atoms with Crippen LogP contribution in [0, 0.1) is 10.1 Å². The average Bonchev–Trinajstić information content (AvgIpc) is 3.13. The van der Waals surface area contributed by atoms with Crippen molar-refractivity contribution in [2.75, 3.05) is 0 Å². The highest BCUT2D eigenvalue weighted by Gasteiger charge is 2.27. The van der Waals surface area contributed by atoms with Gasteiger partial charge >= 0.3 is 5.97 Å². The maximum atomic E-state index is 12.3. The van der Waals surface area contributed by atoms with Crippen molar-refractivity contribution in [2.24, 2.45) is 4.99 Å². The number of cyclic esters (lactones) is 1. The lowest BCUT2D eigenvalue weighted by Gasteiger charge is -2.07. The van der Waals surface area contributed by atoms with Gasteiger partial charge in [0.15, 0.2) is 5.70 Å². The topological polar surface area (TPSA) is 91.0 Å². The van der Waals surface area contributed by atoms with Crippen LogP contribution in [0.3, 0.4) is 0 Å². The highest BCUT2D eigenvalue weighted by Crippen LogP contribution is 2.27. The molecule has 0 fully saturated rings. The molecule has 154 valence electrons. The molecule has 0 atom stereocenters. The lowest BCUT2D eigenvalue weighted by atomic mass is 10.2. The number of benzene rings is 3. The van der Waals surface area contributed by atoms with E-state index in [0.29, 0.717) is 17.9 Å². The van der Waals surface area contributed by atoms with Crippen LogP contribution in [-0.2, 0) is 16.1 Å². The van der Waals surface area contributed by atoms with E-state index in [1.807, 2.05) is 36.4 Å². The quantitative estimate of drug-likeness (QED) is 0.231. The Morgan fingerprint density at radius 2 is 1.87 bits per heavy atom. The largest absolute Gasteiger partial charge is 0.489 e. The Hall–Kier alpha value is -3.97. The van der Waals surface area contributed by atoms with Crippen LogP contribution in [0.15, 0.2) is 83.5 Å². The number of nitrogens with zero attached hydrogens (tertiary/aromatic N) is 2. The van der Waals surface area contributed by atoms with Gasteiger partial charge in [0, 0.05) is 12.1 Å². The Kier molecular flexibility index (Phi) is 5.77. The normalized spacial score (nSPS) is 14.3. The maximum absolute atomic E-state index is 12.3. The highest BCUT2D eigenvalue weighted by atomic mass is 35.5. The molecule has 3 aromatic carbocycles. The van der Waals surface area contributed by atoms with Gasteiger partial charge in [-0.2, -0.15) is 0 Å². The number of non-ortho nitro benzene ring substituents is 1. The highest BCUT2D eigenvalue weighted by molar-refractivity contribution is 6.34. The zero-order chi connectivity index (χ0) is 21.8. The molecule has 0 aliphatic carbocycles. The van der Waals surface area contributed by atoms with Gasteiger partial charge in [0.2, 0.25) is 5.90 Å². The minimum absolute atomic E-state index is 0.0535. The standard InChI is InChI=1S/C23H15ClN2O5/c24-20-10-9-17(26(28)29)13-19(20)22-25-21(23(27)31-22)12-16-7-4-8-18(11-16)30-14-15-5-2-1-3-6-15/h1-13H,14H2/b21-12+. The number of esters is 1. The molecule has 8 heteroatoms. The van der Waals surface area contributed by atoms with E-state index in [1.165, 1.54) is 18.2 Å². The van der Waals surface area contributed by atoms with Gasteiger partial charge in [0.1, 0.15) is 12.4 Å². The van der Waals surface area contributed by atoms with E-state index in [9.17, 15) is 14.9 Å². The number of nitro benzene ring substituents is 1. The molecule has 3 aromatic rings. The lowest BCUT2D eigenvalue weighted by molar-refractivity contribution is -0.384. The first kappa shape index (κ1) is 20.3. The van der Waals surface area contributed by atoms with Gasteiger partial charge in [-0.3, -0.25) is 10.1 Å². The minimum atomic E-state index is -0.673. The predicted molar refractivity (Wildman–Crippen MR) is 116 cm³/mol. The summed E-state index contributed by atoms with van der Waals surface area (Å²) in [6.45, 7) is 0.413. The molecule has 4 rings (SSSR count). The Balaban J connectivity index is 1.56. The van der Waals surface area contributed by atoms with Gasteiger partial charge in [-0.05, 0) is 35.4 Å².